The van der Waals surface area contributed by atoms with Gasteiger partial charge >= 0.3 is 0 Å². The van der Waals surface area contributed by atoms with E-state index in [-0.39, 0.29) is 5.56 Å². The number of nitrogens with one attached hydrogen (secondary N) is 1. The average molecular weight is 431 g/mol. The largest absolute Gasteiger partial charge is 0.497 e. The average Bonchev–Trinajstić information content (AvgIpc) is 2.64. The van der Waals surface area contributed by atoms with Crippen molar-refractivity contribution < 1.29 is 4.74 Å². The number of rotatable bonds is 6. The Kier molecular flexibility index (Phi) is 6.16. The van der Waals surface area contributed by atoms with E-state index in [1.54, 1.807) is 7.11 Å². The number of halogens is 1. The van der Waals surface area contributed by atoms with Crippen LogP contribution in [0.25, 0.3) is 0 Å². The van der Waals surface area contributed by atoms with Gasteiger partial charge in [-0.2, -0.15) is 0 Å². The maximum absolute atomic E-state index is 12.3. The summed E-state index contributed by atoms with van der Waals surface area (Å²) < 4.78 is 6.19. The van der Waals surface area contributed by atoms with E-state index < -0.39 is 0 Å². The van der Waals surface area contributed by atoms with Crippen LogP contribution in [0.15, 0.2) is 63.0 Å². The fourth-order valence-electron chi connectivity index (χ4n) is 2.51. The normalized spacial score (nSPS) is 10.7. The topological polar surface area (TPSA) is 55.0 Å². The molecule has 0 spiro atoms. The van der Waals surface area contributed by atoms with Gasteiger partial charge in [-0.1, -0.05) is 52.0 Å². The Labute approximate surface area is 165 Å². The molecule has 0 bridgehead atoms. The van der Waals surface area contributed by atoms with Crippen LogP contribution in [-0.2, 0) is 12.2 Å². The van der Waals surface area contributed by atoms with Crippen molar-refractivity contribution in [3.8, 4) is 5.75 Å². The number of nitrogens with zero attached hydrogens (tertiary/aromatic N) is 1. The predicted octanol–water partition coefficient (Wildman–Crippen LogP) is 4.73. The highest BCUT2D eigenvalue weighted by Gasteiger charge is 2.09. The Balaban J connectivity index is 1.77. The second-order valence-electron chi connectivity index (χ2n) is 5.89. The van der Waals surface area contributed by atoms with Gasteiger partial charge in [0.05, 0.1) is 12.8 Å². The first-order valence-electron chi connectivity index (χ1n) is 8.15. The Morgan fingerprint density at radius 3 is 2.62 bits per heavy atom. The molecule has 4 nitrogen and oxygen atoms in total. The number of methoxy groups -OCH3 is 1. The molecule has 0 radical (unpaired) electrons. The summed E-state index contributed by atoms with van der Waals surface area (Å²) in [6.45, 7) is 1.82. The molecule has 1 N–H and O–H groups in total. The molecule has 0 aliphatic heterocycles. The highest BCUT2D eigenvalue weighted by molar-refractivity contribution is 9.10. The molecule has 0 fully saturated rings. The van der Waals surface area contributed by atoms with E-state index in [1.807, 2.05) is 55.5 Å². The first-order chi connectivity index (χ1) is 12.5. The van der Waals surface area contributed by atoms with E-state index in [0.717, 1.165) is 32.8 Å². The zero-order chi connectivity index (χ0) is 18.5. The van der Waals surface area contributed by atoms with Crippen molar-refractivity contribution in [3.05, 3.63) is 85.7 Å². The molecular weight excluding hydrogens is 412 g/mol. The summed E-state index contributed by atoms with van der Waals surface area (Å²) in [4.78, 5) is 19.8. The first-order valence-corrected chi connectivity index (χ1v) is 9.93. The lowest BCUT2D eigenvalue weighted by molar-refractivity contribution is 0.414. The van der Waals surface area contributed by atoms with Gasteiger partial charge in [0.2, 0.25) is 0 Å². The lowest BCUT2D eigenvalue weighted by Gasteiger charge is -2.08. The molecule has 2 aromatic carbocycles. The highest BCUT2D eigenvalue weighted by Crippen LogP contribution is 2.22. The molecule has 0 atom stereocenters. The van der Waals surface area contributed by atoms with Gasteiger partial charge in [0.15, 0.2) is 5.16 Å². The minimum absolute atomic E-state index is 0.0813. The van der Waals surface area contributed by atoms with Gasteiger partial charge < -0.3 is 9.72 Å². The fraction of sp³-hybridized carbons (Fsp3) is 0.200. The third-order valence-electron chi connectivity index (χ3n) is 4.03. The quantitative estimate of drug-likeness (QED) is 0.453. The summed E-state index contributed by atoms with van der Waals surface area (Å²) >= 11 is 5.00. The smallest absolute Gasteiger partial charge is 0.254 e. The minimum Gasteiger partial charge on any atom is -0.497 e. The van der Waals surface area contributed by atoms with Crippen molar-refractivity contribution in [1.29, 1.82) is 0 Å². The number of aromatic nitrogens is 2. The van der Waals surface area contributed by atoms with Gasteiger partial charge in [-0.25, -0.2) is 4.98 Å². The van der Waals surface area contributed by atoms with Crippen LogP contribution in [0, 0.1) is 6.92 Å². The van der Waals surface area contributed by atoms with Crippen LogP contribution in [0.4, 0.5) is 0 Å². The van der Waals surface area contributed by atoms with Crippen molar-refractivity contribution in [2.75, 3.05) is 7.11 Å². The van der Waals surface area contributed by atoms with E-state index in [2.05, 4.69) is 25.9 Å². The van der Waals surface area contributed by atoms with Crippen molar-refractivity contribution >= 4 is 27.7 Å². The minimum atomic E-state index is -0.0813. The Morgan fingerprint density at radius 1 is 1.15 bits per heavy atom. The molecule has 0 unspecified atom stereocenters. The number of hydrogen-bond acceptors (Lipinski definition) is 4. The zero-order valence-corrected chi connectivity index (χ0v) is 17.0. The summed E-state index contributed by atoms with van der Waals surface area (Å²) in [5.74, 6) is 1.56. The van der Waals surface area contributed by atoms with Gasteiger partial charge in [0, 0.05) is 22.2 Å². The predicted molar refractivity (Wildman–Crippen MR) is 109 cm³/mol. The Bertz CT molecular complexity index is 955. The van der Waals surface area contributed by atoms with Crippen molar-refractivity contribution in [2.24, 2.45) is 0 Å². The van der Waals surface area contributed by atoms with E-state index in [4.69, 9.17) is 4.74 Å². The molecule has 3 aromatic rings. The number of H-pyrrole nitrogens is 1. The molecule has 134 valence electrons. The van der Waals surface area contributed by atoms with Gasteiger partial charge in [-0.05, 0) is 42.3 Å². The zero-order valence-electron chi connectivity index (χ0n) is 14.6. The van der Waals surface area contributed by atoms with Gasteiger partial charge in [-0.15, -0.1) is 0 Å². The van der Waals surface area contributed by atoms with Gasteiger partial charge in [0.1, 0.15) is 5.75 Å². The number of thioether (sulfide) groups is 1. The number of aromatic amines is 1. The van der Waals surface area contributed by atoms with Crippen LogP contribution in [0.2, 0.25) is 0 Å². The molecule has 0 saturated heterocycles. The molecular formula is C20H19BrN2O2S. The van der Waals surface area contributed by atoms with Crippen molar-refractivity contribution in [3.63, 3.8) is 0 Å². The van der Waals surface area contributed by atoms with Crippen LogP contribution in [0.1, 0.15) is 22.4 Å². The Morgan fingerprint density at radius 2 is 1.92 bits per heavy atom. The summed E-state index contributed by atoms with van der Waals surface area (Å²) in [5.41, 5.74) is 3.66. The van der Waals surface area contributed by atoms with E-state index in [1.165, 1.54) is 11.8 Å². The fourth-order valence-corrected chi connectivity index (χ4v) is 3.79. The van der Waals surface area contributed by atoms with Crippen LogP contribution in [-0.4, -0.2) is 17.1 Å². The second kappa shape index (κ2) is 8.56. The SMILES string of the molecule is COc1ccc(CSc2nc(Cc3cccc(Br)c3)c(C)c(=O)[nH]2)cc1. The molecule has 0 aliphatic carbocycles. The van der Waals surface area contributed by atoms with Crippen LogP contribution in [0.5, 0.6) is 5.75 Å². The van der Waals surface area contributed by atoms with E-state index >= 15 is 0 Å². The van der Waals surface area contributed by atoms with Crippen molar-refractivity contribution in [1.82, 2.24) is 9.97 Å². The standard InChI is InChI=1S/C20H19BrN2O2S/c1-13-18(11-15-4-3-5-16(21)10-15)22-20(23-19(13)24)26-12-14-6-8-17(25-2)9-7-14/h3-10H,11-12H2,1-2H3,(H,22,23,24). The molecule has 1 aromatic heterocycles. The first kappa shape index (κ1) is 18.7. The summed E-state index contributed by atoms with van der Waals surface area (Å²) in [6.07, 6.45) is 0.630. The highest BCUT2D eigenvalue weighted by atomic mass is 79.9. The molecule has 26 heavy (non-hydrogen) atoms. The summed E-state index contributed by atoms with van der Waals surface area (Å²) in [7, 11) is 1.65. The second-order valence-corrected chi connectivity index (χ2v) is 7.77. The molecule has 1 heterocycles. The Hall–Kier alpha value is -2.05. The molecule has 3 rings (SSSR count). The van der Waals surface area contributed by atoms with Crippen LogP contribution >= 0.6 is 27.7 Å². The van der Waals surface area contributed by atoms with Crippen molar-refractivity contribution in [2.45, 2.75) is 24.3 Å². The number of hydrogen-bond donors (Lipinski definition) is 1. The maximum Gasteiger partial charge on any atom is 0.254 e. The number of ether oxygens (including phenoxy) is 1. The van der Waals surface area contributed by atoms with E-state index in [0.29, 0.717) is 17.1 Å². The molecule has 0 amide bonds. The summed E-state index contributed by atoms with van der Waals surface area (Å²) in [6, 6.07) is 15.9. The van der Waals surface area contributed by atoms with E-state index in [9.17, 15) is 4.79 Å². The van der Waals surface area contributed by atoms with Gasteiger partial charge in [-0.3, -0.25) is 4.79 Å². The third kappa shape index (κ3) is 4.77. The van der Waals surface area contributed by atoms with Crippen LogP contribution < -0.4 is 10.3 Å². The lowest BCUT2D eigenvalue weighted by atomic mass is 10.1. The molecule has 0 aliphatic rings. The van der Waals surface area contributed by atoms with Gasteiger partial charge in [0.25, 0.3) is 5.56 Å². The van der Waals surface area contributed by atoms with Crippen LogP contribution in [0.3, 0.4) is 0 Å². The number of benzene rings is 2. The molecule has 0 saturated carbocycles. The third-order valence-corrected chi connectivity index (χ3v) is 5.46. The summed E-state index contributed by atoms with van der Waals surface area (Å²) in [5, 5.41) is 0.640. The lowest BCUT2D eigenvalue weighted by Crippen LogP contribution is -2.16. The monoisotopic (exact) mass is 430 g/mol. The molecule has 6 heteroatoms. The maximum atomic E-state index is 12.3.